The fourth-order valence-corrected chi connectivity index (χ4v) is 3.39. The maximum atomic E-state index is 4.23. The van der Waals surface area contributed by atoms with Gasteiger partial charge in [-0.05, 0) is 41.3 Å². The highest BCUT2D eigenvalue weighted by Crippen LogP contribution is 2.29. The zero-order chi connectivity index (χ0) is 16.5. The van der Waals surface area contributed by atoms with E-state index in [9.17, 15) is 0 Å². The lowest BCUT2D eigenvalue weighted by Gasteiger charge is -2.11. The van der Waals surface area contributed by atoms with Gasteiger partial charge in [-0.1, -0.05) is 60.7 Å². The molecule has 116 valence electrons. The Balaban J connectivity index is 1.97. The Morgan fingerprint density at radius 1 is 0.958 bits per heavy atom. The summed E-state index contributed by atoms with van der Waals surface area (Å²) in [5, 5.41) is 1.29. The minimum atomic E-state index is 0.951. The van der Waals surface area contributed by atoms with Gasteiger partial charge in [0.05, 0.1) is 5.56 Å². The number of fused-ring (bicyclic) bond motifs is 1. The molecule has 0 aliphatic heterocycles. The molecule has 4 rings (SSSR count). The Hall–Kier alpha value is -2.93. The molecule has 2 aromatic carbocycles. The molecule has 0 bridgehead atoms. The standard InChI is InChI=1S/C23H20N/c1-17-12-13-20(18-8-4-3-5-9-18)16-22(17)23-21-11-7-6-10-19(21)14-15-24(23)2/h3-10,12-16H,2,11H2,1H3/q+1. The Morgan fingerprint density at radius 3 is 2.62 bits per heavy atom. The topological polar surface area (TPSA) is 5.90 Å². The lowest BCUT2D eigenvalue weighted by molar-refractivity contribution is -0.486. The van der Waals surface area contributed by atoms with E-state index in [0.717, 1.165) is 6.42 Å². The summed E-state index contributed by atoms with van der Waals surface area (Å²) in [7, 11) is 0. The maximum Gasteiger partial charge on any atom is 0.221 e. The Labute approximate surface area is 142 Å². The predicted octanol–water partition coefficient (Wildman–Crippen LogP) is 4.15. The van der Waals surface area contributed by atoms with Gasteiger partial charge < -0.3 is 0 Å². The highest BCUT2D eigenvalue weighted by atomic mass is 14.8. The number of nitrogens with zero attached hydrogens (tertiary/aromatic N) is 1. The van der Waals surface area contributed by atoms with Gasteiger partial charge in [-0.25, -0.2) is 0 Å². The minimum Gasteiger partial charge on any atom is -0.173 e. The van der Waals surface area contributed by atoms with E-state index in [-0.39, 0.29) is 0 Å². The quantitative estimate of drug-likeness (QED) is 0.627. The van der Waals surface area contributed by atoms with E-state index < -0.39 is 0 Å². The average Bonchev–Trinajstić information content (AvgIpc) is 2.63. The summed E-state index contributed by atoms with van der Waals surface area (Å²) in [4.78, 5) is 0. The summed E-state index contributed by atoms with van der Waals surface area (Å²) in [5.41, 5.74) is 7.57. The first-order chi connectivity index (χ1) is 11.7. The third-order valence-corrected chi connectivity index (χ3v) is 4.69. The van der Waals surface area contributed by atoms with Crippen LogP contribution in [0.4, 0.5) is 0 Å². The van der Waals surface area contributed by atoms with E-state index in [0.29, 0.717) is 0 Å². The summed E-state index contributed by atoms with van der Waals surface area (Å²) in [6.45, 7) is 6.40. The van der Waals surface area contributed by atoms with E-state index in [1.807, 2.05) is 4.24 Å². The number of hydrogen-bond donors (Lipinski definition) is 0. The number of aromatic nitrogens is 1. The maximum absolute atomic E-state index is 4.23. The van der Waals surface area contributed by atoms with Gasteiger partial charge in [0, 0.05) is 11.6 Å². The summed E-state index contributed by atoms with van der Waals surface area (Å²) in [6, 6.07) is 19.4. The molecule has 0 saturated carbocycles. The fraction of sp³-hybridized carbons (Fsp3) is 0.0870. The second-order valence-corrected chi connectivity index (χ2v) is 6.26. The van der Waals surface area contributed by atoms with Crippen molar-refractivity contribution in [3.8, 4) is 22.4 Å². The van der Waals surface area contributed by atoms with Crippen molar-refractivity contribution < 1.29 is 4.24 Å². The molecule has 1 heteroatoms. The zero-order valence-corrected chi connectivity index (χ0v) is 13.9. The lowest BCUT2D eigenvalue weighted by Crippen LogP contribution is -2.26. The Kier molecular flexibility index (Phi) is 3.62. The molecule has 1 aliphatic rings. The first-order valence-corrected chi connectivity index (χ1v) is 8.29. The van der Waals surface area contributed by atoms with Crippen molar-refractivity contribution in [2.45, 2.75) is 13.3 Å². The first-order valence-electron chi connectivity index (χ1n) is 8.29. The van der Waals surface area contributed by atoms with Crippen molar-refractivity contribution in [2.75, 3.05) is 0 Å². The van der Waals surface area contributed by atoms with Gasteiger partial charge in [-0.15, -0.1) is 0 Å². The Morgan fingerprint density at radius 2 is 1.79 bits per heavy atom. The molecule has 0 fully saturated rings. The van der Waals surface area contributed by atoms with Crippen LogP contribution in [-0.4, -0.2) is 0 Å². The molecule has 0 N–H and O–H groups in total. The van der Waals surface area contributed by atoms with Crippen molar-refractivity contribution in [3.63, 3.8) is 0 Å². The van der Waals surface area contributed by atoms with Crippen molar-refractivity contribution in [1.29, 1.82) is 0 Å². The smallest absolute Gasteiger partial charge is 0.173 e. The normalized spacial score (nSPS) is 12.5. The van der Waals surface area contributed by atoms with Crippen molar-refractivity contribution in [3.05, 3.63) is 96.0 Å². The first kappa shape index (κ1) is 14.6. The van der Waals surface area contributed by atoms with Gasteiger partial charge in [-0.3, -0.25) is 0 Å². The number of aryl methyl sites for hydroxylation is 1. The van der Waals surface area contributed by atoms with Crippen molar-refractivity contribution in [2.24, 2.45) is 0 Å². The summed E-state index contributed by atoms with van der Waals surface area (Å²) in [5.74, 6) is 0. The summed E-state index contributed by atoms with van der Waals surface area (Å²) < 4.78 is 2.00. The van der Waals surface area contributed by atoms with E-state index in [2.05, 4.69) is 92.7 Å². The van der Waals surface area contributed by atoms with Crippen LogP contribution in [0.3, 0.4) is 0 Å². The van der Waals surface area contributed by atoms with E-state index in [1.54, 1.807) is 0 Å². The highest BCUT2D eigenvalue weighted by Gasteiger charge is 2.18. The number of hydrogen-bond acceptors (Lipinski definition) is 0. The van der Waals surface area contributed by atoms with Crippen LogP contribution in [-0.2, 0) is 6.42 Å². The van der Waals surface area contributed by atoms with Gasteiger partial charge in [0.15, 0.2) is 6.20 Å². The van der Waals surface area contributed by atoms with Crippen molar-refractivity contribution >= 4 is 6.08 Å². The third kappa shape index (κ3) is 2.48. The van der Waals surface area contributed by atoms with Crippen LogP contribution < -0.4 is 9.46 Å². The number of rotatable bonds is 2. The minimum absolute atomic E-state index is 0.951. The highest BCUT2D eigenvalue weighted by molar-refractivity contribution is 5.74. The zero-order valence-electron chi connectivity index (χ0n) is 13.9. The van der Waals surface area contributed by atoms with Crippen LogP contribution in [0.15, 0.2) is 72.9 Å². The second-order valence-electron chi connectivity index (χ2n) is 6.26. The Bertz CT molecular complexity index is 1040. The van der Waals surface area contributed by atoms with E-state index >= 15 is 0 Å². The summed E-state index contributed by atoms with van der Waals surface area (Å²) in [6.07, 6.45) is 9.53. The van der Waals surface area contributed by atoms with Gasteiger partial charge in [0.1, 0.15) is 6.72 Å². The van der Waals surface area contributed by atoms with Gasteiger partial charge >= 0.3 is 0 Å². The molecular formula is C23H20N+. The molecule has 0 saturated heterocycles. The molecule has 0 radical (unpaired) electrons. The van der Waals surface area contributed by atoms with Gasteiger partial charge in [0.25, 0.3) is 0 Å². The van der Waals surface area contributed by atoms with Gasteiger partial charge in [0.2, 0.25) is 5.69 Å². The molecule has 0 atom stereocenters. The molecule has 1 heterocycles. The molecule has 0 amide bonds. The van der Waals surface area contributed by atoms with E-state index in [1.165, 1.54) is 38.7 Å². The fourth-order valence-electron chi connectivity index (χ4n) is 3.39. The van der Waals surface area contributed by atoms with E-state index in [4.69, 9.17) is 0 Å². The monoisotopic (exact) mass is 310 g/mol. The average molecular weight is 310 g/mol. The molecule has 24 heavy (non-hydrogen) atoms. The molecule has 0 unspecified atom stereocenters. The second kappa shape index (κ2) is 5.93. The van der Waals surface area contributed by atoms with Crippen LogP contribution in [0, 0.1) is 13.6 Å². The van der Waals surface area contributed by atoms with Crippen LogP contribution in [0.2, 0.25) is 0 Å². The third-order valence-electron chi connectivity index (χ3n) is 4.69. The van der Waals surface area contributed by atoms with Crippen LogP contribution >= 0.6 is 0 Å². The van der Waals surface area contributed by atoms with Gasteiger partial charge in [-0.2, -0.15) is 4.24 Å². The molecule has 1 aliphatic carbocycles. The SMILES string of the molecule is C=[n+]1ccc2c(c1-c1cc(-c3ccccc3)ccc1C)CC=CC=2. The predicted molar refractivity (Wildman–Crippen MR) is 99.9 cm³/mol. The largest absolute Gasteiger partial charge is 0.221 e. The van der Waals surface area contributed by atoms with Crippen LogP contribution in [0.25, 0.3) is 28.5 Å². The molecule has 1 nitrogen and oxygen atoms in total. The molecule has 3 aromatic rings. The van der Waals surface area contributed by atoms with Crippen LogP contribution in [0.1, 0.15) is 11.1 Å². The molecule has 0 spiro atoms. The number of benzene rings is 2. The van der Waals surface area contributed by atoms with Crippen LogP contribution in [0.5, 0.6) is 0 Å². The summed E-state index contributed by atoms with van der Waals surface area (Å²) >= 11 is 0. The lowest BCUT2D eigenvalue weighted by atomic mass is 9.93. The molecular weight excluding hydrogens is 290 g/mol. The molecule has 1 aromatic heterocycles. The number of allylic oxidation sites excluding steroid dienone is 2. The number of pyridine rings is 1. The van der Waals surface area contributed by atoms with Crippen molar-refractivity contribution in [1.82, 2.24) is 0 Å².